The second-order valence-corrected chi connectivity index (χ2v) is 7.26. The minimum absolute atomic E-state index is 0.0674. The Bertz CT molecular complexity index is 1300. The molecule has 0 atom stereocenters. The van der Waals surface area contributed by atoms with Crippen molar-refractivity contribution in [3.63, 3.8) is 0 Å². The average molecular weight is 446 g/mol. The van der Waals surface area contributed by atoms with Crippen molar-refractivity contribution in [3.8, 4) is 11.1 Å². The minimum Gasteiger partial charge on any atom is -0.478 e. The quantitative estimate of drug-likeness (QED) is 0.385. The summed E-state index contributed by atoms with van der Waals surface area (Å²) in [6, 6.07) is 12.3. The van der Waals surface area contributed by atoms with Crippen molar-refractivity contribution in [2.45, 2.75) is 0 Å². The molecule has 0 aliphatic rings. The molecule has 2 aromatic carbocycles. The topological polar surface area (TPSA) is 58.8 Å². The molecule has 4 aromatic rings. The van der Waals surface area contributed by atoms with Crippen molar-refractivity contribution in [2.24, 2.45) is 0 Å². The highest BCUT2D eigenvalue weighted by atomic mass is 35.5. The lowest BCUT2D eigenvalue weighted by atomic mass is 10.0. The van der Waals surface area contributed by atoms with Gasteiger partial charge in [-0.15, -0.1) is 0 Å². The Morgan fingerprint density at radius 1 is 0.900 bits per heavy atom. The van der Waals surface area contributed by atoms with Gasteiger partial charge in [0.15, 0.2) is 0 Å². The van der Waals surface area contributed by atoms with Gasteiger partial charge < -0.3 is 9.51 Å². The number of carbonyl (C=O) groups is 2. The van der Waals surface area contributed by atoms with Gasteiger partial charge in [0.2, 0.25) is 5.78 Å². The molecule has 1 N–H and O–H groups in total. The Labute approximate surface area is 178 Å². The molecule has 2 aromatic heterocycles. The molecular formula is C22H11Cl2F2NO3. The number of halogens is 4. The van der Waals surface area contributed by atoms with Crippen LogP contribution < -0.4 is 0 Å². The summed E-state index contributed by atoms with van der Waals surface area (Å²) >= 11 is 12.3. The van der Waals surface area contributed by atoms with E-state index in [4.69, 9.17) is 28.3 Å². The van der Waals surface area contributed by atoms with Crippen molar-refractivity contribution in [2.75, 3.05) is 0 Å². The van der Waals surface area contributed by atoms with Crippen LogP contribution in [0, 0.1) is 11.6 Å². The van der Waals surface area contributed by atoms with Crippen LogP contribution >= 0.6 is 23.2 Å². The standard InChI is InChI=1S/C22H11Cl2F2NO3/c23-13-4-3-5-14(24)20(13)21(28)18-10-12(17-6-1-2-7-27(17)18)19-15(25)8-11(22(29)30)9-16(19)26/h1-10H,(H,29,30). The van der Waals surface area contributed by atoms with E-state index in [0.29, 0.717) is 5.52 Å². The molecule has 0 aliphatic carbocycles. The number of rotatable bonds is 4. The van der Waals surface area contributed by atoms with Crippen LogP contribution in [0.1, 0.15) is 26.4 Å². The van der Waals surface area contributed by atoms with Gasteiger partial charge in [-0.1, -0.05) is 35.3 Å². The first-order valence-electron chi connectivity index (χ1n) is 8.61. The summed E-state index contributed by atoms with van der Waals surface area (Å²) in [5.74, 6) is -4.09. The van der Waals surface area contributed by atoms with Crippen molar-refractivity contribution >= 4 is 40.5 Å². The zero-order valence-corrected chi connectivity index (χ0v) is 16.5. The van der Waals surface area contributed by atoms with Crippen LogP contribution in [0.3, 0.4) is 0 Å². The SMILES string of the molecule is O=C(O)c1cc(F)c(-c2cc(C(=O)c3c(Cl)cccc3Cl)n3ccccc23)c(F)c1. The van der Waals surface area contributed by atoms with Crippen LogP contribution in [-0.2, 0) is 0 Å². The summed E-state index contributed by atoms with van der Waals surface area (Å²) < 4.78 is 30.9. The van der Waals surface area contributed by atoms with E-state index in [0.717, 1.165) is 12.1 Å². The Hall–Kier alpha value is -3.22. The van der Waals surface area contributed by atoms with E-state index in [1.54, 1.807) is 30.5 Å². The molecule has 0 unspecified atom stereocenters. The summed E-state index contributed by atoms with van der Waals surface area (Å²) in [6.07, 6.45) is 1.57. The van der Waals surface area contributed by atoms with E-state index < -0.39 is 34.5 Å². The molecule has 0 aliphatic heterocycles. The van der Waals surface area contributed by atoms with E-state index in [2.05, 4.69) is 0 Å². The number of aromatic nitrogens is 1. The lowest BCUT2D eigenvalue weighted by Gasteiger charge is -2.06. The largest absolute Gasteiger partial charge is 0.478 e. The van der Waals surface area contributed by atoms with E-state index >= 15 is 0 Å². The molecule has 0 fully saturated rings. The molecule has 8 heteroatoms. The highest BCUT2D eigenvalue weighted by Crippen LogP contribution is 2.35. The van der Waals surface area contributed by atoms with Crippen molar-refractivity contribution < 1.29 is 23.5 Å². The van der Waals surface area contributed by atoms with E-state index in [1.165, 1.54) is 22.6 Å². The summed E-state index contributed by atoms with van der Waals surface area (Å²) in [7, 11) is 0. The molecule has 2 heterocycles. The number of ketones is 1. The van der Waals surface area contributed by atoms with Gasteiger partial charge in [0.25, 0.3) is 0 Å². The second kappa shape index (κ2) is 7.55. The fourth-order valence-electron chi connectivity index (χ4n) is 3.32. The molecule has 150 valence electrons. The van der Waals surface area contributed by atoms with Crippen molar-refractivity contribution in [1.29, 1.82) is 0 Å². The molecule has 0 saturated heterocycles. The van der Waals surface area contributed by atoms with Gasteiger partial charge in [-0.05, 0) is 42.5 Å². The van der Waals surface area contributed by atoms with Crippen LogP contribution in [0.15, 0.2) is 60.8 Å². The molecule has 4 rings (SSSR count). The molecular weight excluding hydrogens is 435 g/mol. The maximum atomic E-state index is 14.7. The summed E-state index contributed by atoms with van der Waals surface area (Å²) in [4.78, 5) is 24.3. The third kappa shape index (κ3) is 3.24. The predicted molar refractivity (Wildman–Crippen MR) is 110 cm³/mol. The highest BCUT2D eigenvalue weighted by Gasteiger charge is 2.25. The highest BCUT2D eigenvalue weighted by molar-refractivity contribution is 6.41. The number of fused-ring (bicyclic) bond motifs is 1. The monoisotopic (exact) mass is 445 g/mol. The smallest absolute Gasteiger partial charge is 0.335 e. The molecule has 4 nitrogen and oxygen atoms in total. The van der Waals surface area contributed by atoms with Crippen LogP contribution in [0.4, 0.5) is 8.78 Å². The predicted octanol–water partition coefficient (Wildman–Crippen LogP) is 6.12. The maximum Gasteiger partial charge on any atom is 0.335 e. The molecule has 0 spiro atoms. The number of benzene rings is 2. The summed E-state index contributed by atoms with van der Waals surface area (Å²) in [5, 5.41) is 9.30. The van der Waals surface area contributed by atoms with Crippen LogP contribution in [0.5, 0.6) is 0 Å². The maximum absolute atomic E-state index is 14.7. The first-order valence-corrected chi connectivity index (χ1v) is 9.36. The Morgan fingerprint density at radius 2 is 1.53 bits per heavy atom. The molecule has 0 saturated carbocycles. The van der Waals surface area contributed by atoms with Gasteiger partial charge in [-0.25, -0.2) is 13.6 Å². The fraction of sp³-hybridized carbons (Fsp3) is 0. The number of hydrogen-bond donors (Lipinski definition) is 1. The Kier molecular flexibility index (Phi) is 5.05. The molecule has 0 bridgehead atoms. The lowest BCUT2D eigenvalue weighted by molar-refractivity contribution is 0.0695. The first-order chi connectivity index (χ1) is 14.3. The lowest BCUT2D eigenvalue weighted by Crippen LogP contribution is -2.06. The number of nitrogens with zero attached hydrogens (tertiary/aromatic N) is 1. The van der Waals surface area contributed by atoms with Gasteiger partial charge in [0, 0.05) is 11.8 Å². The fourth-order valence-corrected chi connectivity index (χ4v) is 3.89. The van der Waals surface area contributed by atoms with Gasteiger partial charge in [0.05, 0.1) is 37.9 Å². The average Bonchev–Trinajstić information content (AvgIpc) is 3.06. The zero-order valence-electron chi connectivity index (χ0n) is 15.0. The number of carboxylic acids is 1. The normalized spacial score (nSPS) is 11.1. The molecule has 0 amide bonds. The van der Waals surface area contributed by atoms with Gasteiger partial charge in [-0.3, -0.25) is 4.79 Å². The number of carboxylic acid groups (broad SMARTS) is 1. The van der Waals surface area contributed by atoms with Crippen LogP contribution in [-0.4, -0.2) is 21.3 Å². The van der Waals surface area contributed by atoms with E-state index in [-0.39, 0.29) is 26.9 Å². The minimum atomic E-state index is -1.45. The molecule has 0 radical (unpaired) electrons. The van der Waals surface area contributed by atoms with E-state index in [9.17, 15) is 18.4 Å². The van der Waals surface area contributed by atoms with Crippen molar-refractivity contribution in [3.05, 3.63) is 99.3 Å². The van der Waals surface area contributed by atoms with E-state index in [1.807, 2.05) is 0 Å². The van der Waals surface area contributed by atoms with Crippen LogP contribution in [0.2, 0.25) is 10.0 Å². The second-order valence-electron chi connectivity index (χ2n) is 6.44. The zero-order chi connectivity index (χ0) is 21.6. The summed E-state index contributed by atoms with van der Waals surface area (Å²) in [5.41, 5.74) is -0.349. The third-order valence-corrected chi connectivity index (χ3v) is 5.29. The van der Waals surface area contributed by atoms with Gasteiger partial charge in [-0.2, -0.15) is 0 Å². The first kappa shape index (κ1) is 20.1. The number of hydrogen-bond acceptors (Lipinski definition) is 2. The molecule has 30 heavy (non-hydrogen) atoms. The summed E-state index contributed by atoms with van der Waals surface area (Å²) in [6.45, 7) is 0. The number of pyridine rings is 1. The number of carbonyl (C=O) groups excluding carboxylic acids is 1. The van der Waals surface area contributed by atoms with Crippen molar-refractivity contribution in [1.82, 2.24) is 4.40 Å². The van der Waals surface area contributed by atoms with Crippen LogP contribution in [0.25, 0.3) is 16.6 Å². The number of aromatic carboxylic acids is 1. The Morgan fingerprint density at radius 3 is 2.13 bits per heavy atom. The Balaban J connectivity index is 1.98. The third-order valence-electron chi connectivity index (χ3n) is 4.66. The van der Waals surface area contributed by atoms with Gasteiger partial charge in [0.1, 0.15) is 11.6 Å². The van der Waals surface area contributed by atoms with Gasteiger partial charge >= 0.3 is 5.97 Å².